The van der Waals surface area contributed by atoms with Gasteiger partial charge in [0.1, 0.15) is 17.3 Å². The van der Waals surface area contributed by atoms with E-state index >= 15 is 0 Å². The van der Waals surface area contributed by atoms with Crippen molar-refractivity contribution >= 4 is 5.91 Å². The second-order valence-electron chi connectivity index (χ2n) is 10.9. The highest BCUT2D eigenvalue weighted by atomic mass is 19.1. The summed E-state index contributed by atoms with van der Waals surface area (Å²) >= 11 is 0. The number of fused-ring (bicyclic) bond motifs is 1. The quantitative estimate of drug-likeness (QED) is 0.278. The summed E-state index contributed by atoms with van der Waals surface area (Å²) in [6, 6.07) is 25.1. The van der Waals surface area contributed by atoms with Crippen LogP contribution in [0.25, 0.3) is 0 Å². The van der Waals surface area contributed by atoms with Crippen LogP contribution in [-0.2, 0) is 19.4 Å². The molecule has 0 N–H and O–H groups in total. The molecule has 0 unspecified atom stereocenters. The van der Waals surface area contributed by atoms with Gasteiger partial charge in [-0.05, 0) is 67.0 Å². The molecule has 2 aliphatic rings. The lowest BCUT2D eigenvalue weighted by molar-refractivity contribution is 0.0586. The van der Waals surface area contributed by atoms with E-state index in [1.165, 1.54) is 34.9 Å². The van der Waals surface area contributed by atoms with Gasteiger partial charge in [-0.2, -0.15) is 0 Å². The fraction of sp³-hybridized carbons (Fsp3) is 0.324. The van der Waals surface area contributed by atoms with Crippen LogP contribution < -0.4 is 0 Å². The fourth-order valence-electron chi connectivity index (χ4n) is 6.58. The molecule has 0 radical (unpaired) electrons. The van der Waals surface area contributed by atoms with Gasteiger partial charge >= 0.3 is 0 Å². The van der Waals surface area contributed by atoms with Gasteiger partial charge in [-0.25, -0.2) is 8.78 Å². The number of carbonyl (C=O) groups excluding carboxylic acids is 1. The zero-order chi connectivity index (χ0) is 27.6. The minimum Gasteiger partial charge on any atom is -0.335 e. The summed E-state index contributed by atoms with van der Waals surface area (Å²) in [6.45, 7) is 4.70. The Balaban J connectivity index is 1.28. The first-order valence-electron chi connectivity index (χ1n) is 14.3. The topological polar surface area (TPSA) is 28.5 Å². The first-order valence-corrected chi connectivity index (χ1v) is 14.3. The Morgan fingerprint density at radius 3 is 1.95 bits per heavy atom. The molecule has 6 heteroatoms. The van der Waals surface area contributed by atoms with E-state index in [1.54, 1.807) is 0 Å². The van der Waals surface area contributed by atoms with Crippen LogP contribution in [0.3, 0.4) is 0 Å². The average molecular weight is 540 g/mol. The molecule has 206 valence electrons. The van der Waals surface area contributed by atoms with Crippen LogP contribution in [-0.4, -0.2) is 46.5 Å². The Morgan fingerprint density at radius 1 is 0.775 bits per heavy atom. The summed E-state index contributed by atoms with van der Waals surface area (Å²) in [5.41, 5.74) is 6.27. The maximum absolute atomic E-state index is 14.7. The molecule has 40 heavy (non-hydrogen) atoms. The highest BCUT2D eigenvalue weighted by Gasteiger charge is 2.33. The highest BCUT2D eigenvalue weighted by molar-refractivity contribution is 5.95. The second-order valence-corrected chi connectivity index (χ2v) is 10.9. The minimum absolute atomic E-state index is 0.0123. The third-order valence-corrected chi connectivity index (χ3v) is 8.62. The van der Waals surface area contributed by atoms with E-state index in [-0.39, 0.29) is 24.1 Å². The third kappa shape index (κ3) is 4.97. The van der Waals surface area contributed by atoms with E-state index in [0.717, 1.165) is 50.0 Å². The van der Waals surface area contributed by atoms with Gasteiger partial charge in [0.25, 0.3) is 5.91 Å². The summed E-state index contributed by atoms with van der Waals surface area (Å²) in [6.07, 6.45) is 3.81. The Kier molecular flexibility index (Phi) is 7.53. The number of hydrogen-bond donors (Lipinski definition) is 0. The molecule has 0 bridgehead atoms. The van der Waals surface area contributed by atoms with Crippen molar-refractivity contribution in [3.05, 3.63) is 130 Å². The molecule has 1 saturated heterocycles. The van der Waals surface area contributed by atoms with Gasteiger partial charge in [-0.1, -0.05) is 66.7 Å². The molecule has 2 heterocycles. The molecule has 6 rings (SSSR count). The predicted octanol–water partition coefficient (Wildman–Crippen LogP) is 6.55. The highest BCUT2D eigenvalue weighted by Crippen LogP contribution is 2.33. The summed E-state index contributed by atoms with van der Waals surface area (Å²) in [7, 11) is 0. The average Bonchev–Trinajstić information content (AvgIpc) is 3.27. The molecule has 4 nitrogen and oxygen atoms in total. The molecule has 3 aromatic carbocycles. The number of carbonyl (C=O) groups is 1. The number of rotatable bonds is 6. The molecule has 0 saturated carbocycles. The molecule has 1 aliphatic heterocycles. The zero-order valence-electron chi connectivity index (χ0n) is 23.0. The summed E-state index contributed by atoms with van der Waals surface area (Å²) in [5, 5.41) is 0. The number of amides is 1. The standard InChI is InChI=1S/C34H35F2N3O/c1-24-27-15-8-9-18-31(27)39(23-28-29(35)16-10-17-30(28)36)32(24)34(40)38-21-19-37(20-22-38)33(25-11-4-2-5-12-25)26-13-6-3-7-14-26/h2-7,10-14,16-17,33H,8-9,15,18-23H2,1H3. The van der Waals surface area contributed by atoms with E-state index in [9.17, 15) is 13.6 Å². The van der Waals surface area contributed by atoms with Crippen LogP contribution in [0.4, 0.5) is 8.78 Å². The Morgan fingerprint density at radius 2 is 1.35 bits per heavy atom. The summed E-state index contributed by atoms with van der Waals surface area (Å²) < 4.78 is 31.3. The molecular weight excluding hydrogens is 504 g/mol. The van der Waals surface area contributed by atoms with E-state index < -0.39 is 11.6 Å². The number of halogens is 2. The molecule has 1 amide bonds. The van der Waals surface area contributed by atoms with E-state index in [0.29, 0.717) is 18.8 Å². The molecule has 1 aromatic heterocycles. The molecule has 4 aromatic rings. The van der Waals surface area contributed by atoms with Crippen molar-refractivity contribution in [2.45, 2.75) is 45.2 Å². The molecule has 1 aliphatic carbocycles. The largest absolute Gasteiger partial charge is 0.335 e. The Hall–Kier alpha value is -3.77. The van der Waals surface area contributed by atoms with Crippen molar-refractivity contribution in [3.63, 3.8) is 0 Å². The molecule has 0 atom stereocenters. The predicted molar refractivity (Wildman–Crippen MR) is 153 cm³/mol. The third-order valence-electron chi connectivity index (χ3n) is 8.62. The van der Waals surface area contributed by atoms with Gasteiger partial charge in [-0.3, -0.25) is 9.69 Å². The van der Waals surface area contributed by atoms with Crippen molar-refractivity contribution in [2.24, 2.45) is 0 Å². The monoisotopic (exact) mass is 539 g/mol. The van der Waals surface area contributed by atoms with Crippen molar-refractivity contribution in [1.82, 2.24) is 14.4 Å². The molecule has 1 fully saturated rings. The Bertz CT molecular complexity index is 1430. The van der Waals surface area contributed by atoms with Crippen molar-refractivity contribution in [2.75, 3.05) is 26.2 Å². The van der Waals surface area contributed by atoms with Crippen LogP contribution in [0.2, 0.25) is 0 Å². The van der Waals surface area contributed by atoms with Gasteiger partial charge < -0.3 is 9.47 Å². The van der Waals surface area contributed by atoms with Gasteiger partial charge in [-0.15, -0.1) is 0 Å². The normalized spacial score (nSPS) is 15.8. The number of piperazine rings is 1. The summed E-state index contributed by atoms with van der Waals surface area (Å²) in [4.78, 5) is 18.5. The zero-order valence-corrected chi connectivity index (χ0v) is 23.0. The molecule has 0 spiro atoms. The van der Waals surface area contributed by atoms with E-state index in [2.05, 4.69) is 53.4 Å². The SMILES string of the molecule is Cc1c2c(n(Cc3c(F)cccc3F)c1C(=O)N1CCN(C(c3ccccc3)c3ccccc3)CC1)CCCC2. The molecular formula is C34H35F2N3O. The number of hydrogen-bond acceptors (Lipinski definition) is 2. The van der Waals surface area contributed by atoms with Crippen molar-refractivity contribution in [3.8, 4) is 0 Å². The number of benzene rings is 3. The van der Waals surface area contributed by atoms with Gasteiger partial charge in [0.15, 0.2) is 0 Å². The van der Waals surface area contributed by atoms with Crippen LogP contribution in [0.5, 0.6) is 0 Å². The maximum atomic E-state index is 14.7. The second kappa shape index (κ2) is 11.4. The lowest BCUT2D eigenvalue weighted by Crippen LogP contribution is -2.50. The lowest BCUT2D eigenvalue weighted by atomic mass is 9.95. The van der Waals surface area contributed by atoms with Crippen LogP contribution >= 0.6 is 0 Å². The Labute approximate surface area is 234 Å². The van der Waals surface area contributed by atoms with Crippen LogP contribution in [0.1, 0.15) is 62.9 Å². The van der Waals surface area contributed by atoms with E-state index in [1.807, 2.05) is 28.5 Å². The van der Waals surface area contributed by atoms with E-state index in [4.69, 9.17) is 0 Å². The van der Waals surface area contributed by atoms with Gasteiger partial charge in [0.2, 0.25) is 0 Å². The lowest BCUT2D eigenvalue weighted by Gasteiger charge is -2.40. The van der Waals surface area contributed by atoms with Gasteiger partial charge in [0, 0.05) is 37.4 Å². The number of nitrogens with zero attached hydrogens (tertiary/aromatic N) is 3. The van der Waals surface area contributed by atoms with Gasteiger partial charge in [0.05, 0.1) is 12.6 Å². The number of aromatic nitrogens is 1. The summed E-state index contributed by atoms with van der Waals surface area (Å²) in [5.74, 6) is -1.19. The van der Waals surface area contributed by atoms with Crippen LogP contribution in [0, 0.1) is 18.6 Å². The minimum atomic E-state index is -0.573. The van der Waals surface area contributed by atoms with Crippen molar-refractivity contribution in [1.29, 1.82) is 0 Å². The van der Waals surface area contributed by atoms with Crippen molar-refractivity contribution < 1.29 is 13.6 Å². The first-order chi connectivity index (χ1) is 19.5. The smallest absolute Gasteiger partial charge is 0.270 e. The fourth-order valence-corrected chi connectivity index (χ4v) is 6.58. The van der Waals surface area contributed by atoms with Crippen LogP contribution in [0.15, 0.2) is 78.9 Å². The first kappa shape index (κ1) is 26.5. The maximum Gasteiger partial charge on any atom is 0.270 e.